The standard InChI is InChI=1S/C61H111O12P/c1-3-5-7-9-11-13-15-17-19-21-23-25-27-29-31-33-35-37-39-41-43-45-47-49-51-70-52-54(53-71-74(68,69)73-61-59(66)57(64)56(63)58(65)60(61)67)72-55(62)50-48-46-44-42-40-38-36-34-32-30-28-26-24-22-20-18-16-14-12-10-8-6-4-2/h15-18,21-24,28,30,54,56-61,63-67H,3-14,19-20,25-27,29,31-53H2,1-2H3,(H,68,69)/b17-15-,18-16-,23-21-,24-22-,30-28-. The van der Waals surface area contributed by atoms with E-state index in [0.29, 0.717) is 13.0 Å². The van der Waals surface area contributed by atoms with Gasteiger partial charge in [-0.15, -0.1) is 0 Å². The van der Waals surface area contributed by atoms with Crippen LogP contribution in [-0.2, 0) is 27.9 Å². The molecule has 1 aliphatic rings. The third-order valence-corrected chi connectivity index (χ3v) is 14.8. The van der Waals surface area contributed by atoms with Crippen LogP contribution in [0.15, 0.2) is 60.8 Å². The molecule has 1 rings (SSSR count). The van der Waals surface area contributed by atoms with Gasteiger partial charge in [-0.05, 0) is 83.5 Å². The summed E-state index contributed by atoms with van der Waals surface area (Å²) in [7, 11) is -5.03. The molecule has 6 atom stereocenters. The summed E-state index contributed by atoms with van der Waals surface area (Å²) in [4.78, 5) is 23.4. The number of unbranched alkanes of at least 4 members (excludes halogenated alkanes) is 30. The van der Waals surface area contributed by atoms with Gasteiger partial charge in [-0.3, -0.25) is 13.8 Å². The van der Waals surface area contributed by atoms with Crippen molar-refractivity contribution >= 4 is 13.8 Å². The molecule has 6 N–H and O–H groups in total. The van der Waals surface area contributed by atoms with Gasteiger partial charge in [0.05, 0.1) is 13.2 Å². The Hall–Kier alpha value is -1.96. The molecule has 0 bridgehead atoms. The molecule has 0 saturated heterocycles. The van der Waals surface area contributed by atoms with Gasteiger partial charge in [0.15, 0.2) is 0 Å². The van der Waals surface area contributed by atoms with Crippen LogP contribution in [-0.4, -0.2) is 98.9 Å². The van der Waals surface area contributed by atoms with Gasteiger partial charge >= 0.3 is 13.8 Å². The molecule has 0 aromatic carbocycles. The van der Waals surface area contributed by atoms with Gasteiger partial charge in [0.25, 0.3) is 0 Å². The second-order valence-corrected chi connectivity index (χ2v) is 22.2. The first-order chi connectivity index (χ1) is 36.0. The second-order valence-electron chi connectivity index (χ2n) is 20.8. The van der Waals surface area contributed by atoms with E-state index in [0.717, 1.165) is 70.6 Å². The van der Waals surface area contributed by atoms with Crippen molar-refractivity contribution in [3.05, 3.63) is 60.8 Å². The molecule has 432 valence electrons. The van der Waals surface area contributed by atoms with Crippen LogP contribution in [0.4, 0.5) is 0 Å². The van der Waals surface area contributed by atoms with E-state index in [4.69, 9.17) is 18.5 Å². The molecule has 74 heavy (non-hydrogen) atoms. The minimum atomic E-state index is -5.03. The number of carbonyl (C=O) groups excluding carboxylic acids is 1. The Kier molecular flexibility index (Phi) is 47.8. The van der Waals surface area contributed by atoms with E-state index in [1.54, 1.807) is 0 Å². The van der Waals surface area contributed by atoms with Gasteiger partial charge in [0.1, 0.15) is 42.7 Å². The summed E-state index contributed by atoms with van der Waals surface area (Å²) in [5.41, 5.74) is 0. The number of carbonyl (C=O) groups is 1. The average molecular weight is 1070 g/mol. The molecule has 12 nitrogen and oxygen atoms in total. The lowest BCUT2D eigenvalue weighted by Gasteiger charge is -2.41. The van der Waals surface area contributed by atoms with E-state index in [-0.39, 0.29) is 13.0 Å². The number of aliphatic hydroxyl groups excluding tert-OH is 5. The molecule has 13 heteroatoms. The molecule has 0 aromatic heterocycles. The third-order valence-electron chi connectivity index (χ3n) is 13.9. The number of phosphoric acid groups is 1. The first kappa shape index (κ1) is 70.1. The van der Waals surface area contributed by atoms with E-state index >= 15 is 0 Å². The molecule has 0 aromatic rings. The number of aliphatic hydroxyl groups is 5. The number of allylic oxidation sites excluding steroid dienone is 10. The highest BCUT2D eigenvalue weighted by molar-refractivity contribution is 7.47. The maximum absolute atomic E-state index is 12.9. The lowest BCUT2D eigenvalue weighted by Crippen LogP contribution is -2.64. The Labute approximate surface area is 451 Å². The third kappa shape index (κ3) is 41.2. The van der Waals surface area contributed by atoms with Gasteiger partial charge in [-0.1, -0.05) is 229 Å². The van der Waals surface area contributed by atoms with Crippen molar-refractivity contribution in [2.75, 3.05) is 19.8 Å². The van der Waals surface area contributed by atoms with Crippen LogP contribution in [0.5, 0.6) is 0 Å². The van der Waals surface area contributed by atoms with Crippen molar-refractivity contribution in [3.63, 3.8) is 0 Å². The number of hydrogen-bond acceptors (Lipinski definition) is 11. The highest BCUT2D eigenvalue weighted by Gasteiger charge is 2.51. The van der Waals surface area contributed by atoms with Gasteiger partial charge in [0.2, 0.25) is 0 Å². The first-order valence-electron chi connectivity index (χ1n) is 30.1. The van der Waals surface area contributed by atoms with E-state index in [9.17, 15) is 39.8 Å². The number of esters is 1. The highest BCUT2D eigenvalue weighted by atomic mass is 31.2. The van der Waals surface area contributed by atoms with Crippen LogP contribution < -0.4 is 0 Å². The van der Waals surface area contributed by atoms with E-state index < -0.39 is 63.1 Å². The van der Waals surface area contributed by atoms with Crippen LogP contribution in [0.2, 0.25) is 0 Å². The molecular formula is C61H111O12P. The van der Waals surface area contributed by atoms with Crippen molar-refractivity contribution in [1.29, 1.82) is 0 Å². The number of ether oxygens (including phenoxy) is 2. The minimum absolute atomic E-state index is 0.0816. The van der Waals surface area contributed by atoms with Crippen molar-refractivity contribution in [3.8, 4) is 0 Å². The minimum Gasteiger partial charge on any atom is -0.457 e. The number of rotatable bonds is 52. The molecular weight excluding hydrogens is 956 g/mol. The summed E-state index contributed by atoms with van der Waals surface area (Å²) in [6.07, 6.45) is 54.3. The molecule has 0 heterocycles. The van der Waals surface area contributed by atoms with Gasteiger partial charge in [-0.2, -0.15) is 0 Å². The maximum Gasteiger partial charge on any atom is 0.472 e. The van der Waals surface area contributed by atoms with Gasteiger partial charge in [-0.25, -0.2) is 4.57 Å². The average Bonchev–Trinajstić information content (AvgIpc) is 3.39. The fourth-order valence-electron chi connectivity index (χ4n) is 9.10. The lowest BCUT2D eigenvalue weighted by atomic mass is 9.85. The fourth-order valence-corrected chi connectivity index (χ4v) is 10.1. The topological polar surface area (TPSA) is 192 Å². The quantitative estimate of drug-likeness (QED) is 0.0146. The normalized spacial score (nSPS) is 20.8. The summed E-state index contributed by atoms with van der Waals surface area (Å²) < 4.78 is 34.4. The smallest absolute Gasteiger partial charge is 0.457 e. The van der Waals surface area contributed by atoms with Crippen molar-refractivity contribution in [2.45, 2.75) is 301 Å². The Morgan fingerprint density at radius 2 is 0.757 bits per heavy atom. The summed E-state index contributed by atoms with van der Waals surface area (Å²) in [6, 6.07) is 0. The Morgan fingerprint density at radius 1 is 0.432 bits per heavy atom. The van der Waals surface area contributed by atoms with Crippen molar-refractivity contribution < 1.29 is 58.3 Å². The van der Waals surface area contributed by atoms with Crippen molar-refractivity contribution in [2.24, 2.45) is 0 Å². The Balaban J connectivity index is 2.28. The van der Waals surface area contributed by atoms with E-state index in [2.05, 4.69) is 74.6 Å². The number of hydrogen-bond donors (Lipinski definition) is 6. The molecule has 6 unspecified atom stereocenters. The predicted octanol–water partition coefficient (Wildman–Crippen LogP) is 14.9. The van der Waals surface area contributed by atoms with Crippen LogP contribution >= 0.6 is 7.82 Å². The molecule has 0 spiro atoms. The lowest BCUT2D eigenvalue weighted by molar-refractivity contribution is -0.220. The summed E-state index contributed by atoms with van der Waals surface area (Å²) in [5.74, 6) is -0.483. The van der Waals surface area contributed by atoms with Crippen LogP contribution in [0.1, 0.15) is 258 Å². The largest absolute Gasteiger partial charge is 0.472 e. The van der Waals surface area contributed by atoms with Crippen LogP contribution in [0, 0.1) is 0 Å². The second kappa shape index (κ2) is 50.5. The summed E-state index contributed by atoms with van der Waals surface area (Å²) in [6.45, 7) is 4.27. The molecule has 0 aliphatic heterocycles. The zero-order valence-corrected chi connectivity index (χ0v) is 47.8. The Morgan fingerprint density at radius 3 is 1.15 bits per heavy atom. The van der Waals surface area contributed by atoms with Gasteiger partial charge < -0.3 is 39.9 Å². The van der Waals surface area contributed by atoms with E-state index in [1.807, 2.05) is 0 Å². The SMILES string of the molecule is CCCCCCC/C=C\C/C=C\C/C=C\CCCCCCCCCCC(=O)OC(COCCCCCCCCCCCCCC/C=C\C/C=C\CCCCCCC)COP(=O)(O)OC1C(O)C(O)C(O)C(O)C1O. The van der Waals surface area contributed by atoms with Crippen LogP contribution in [0.3, 0.4) is 0 Å². The van der Waals surface area contributed by atoms with E-state index in [1.165, 1.54) is 161 Å². The summed E-state index contributed by atoms with van der Waals surface area (Å²) >= 11 is 0. The molecule has 1 aliphatic carbocycles. The highest BCUT2D eigenvalue weighted by Crippen LogP contribution is 2.47. The Bertz CT molecular complexity index is 1450. The zero-order valence-electron chi connectivity index (χ0n) is 46.9. The van der Waals surface area contributed by atoms with Gasteiger partial charge in [0, 0.05) is 13.0 Å². The summed E-state index contributed by atoms with van der Waals surface area (Å²) in [5, 5.41) is 50.5. The molecule has 0 amide bonds. The number of phosphoric ester groups is 1. The first-order valence-corrected chi connectivity index (χ1v) is 31.6. The molecule has 1 saturated carbocycles. The molecule has 1 fully saturated rings. The van der Waals surface area contributed by atoms with Crippen LogP contribution in [0.25, 0.3) is 0 Å². The zero-order chi connectivity index (χ0) is 54.0. The maximum atomic E-state index is 12.9. The fraction of sp³-hybridized carbons (Fsp3) is 0.820. The molecule has 0 radical (unpaired) electrons. The van der Waals surface area contributed by atoms with Crippen molar-refractivity contribution in [1.82, 2.24) is 0 Å². The monoisotopic (exact) mass is 1070 g/mol. The predicted molar refractivity (Wildman–Crippen MR) is 304 cm³/mol.